The third-order valence-electron chi connectivity index (χ3n) is 12.4. The molecule has 7 rings (SSSR count). The fourth-order valence-electron chi connectivity index (χ4n) is 8.50. The second-order valence-electron chi connectivity index (χ2n) is 19.0. The lowest BCUT2D eigenvalue weighted by Gasteiger charge is -2.35. The molecular weight excluding hydrogens is 967 g/mol. The molecule has 3 unspecified atom stereocenters. The van der Waals surface area contributed by atoms with Crippen molar-refractivity contribution in [3.05, 3.63) is 124 Å². The average molecular weight is 1030 g/mol. The van der Waals surface area contributed by atoms with Gasteiger partial charge >= 0.3 is 0 Å². The third-order valence-corrected chi connectivity index (χ3v) is 14.8. The predicted molar refractivity (Wildman–Crippen MR) is 271 cm³/mol. The average Bonchev–Trinajstić information content (AvgIpc) is 4.09. The number of aliphatic hydroxyl groups excluding tert-OH is 1. The summed E-state index contributed by atoms with van der Waals surface area (Å²) in [4.78, 5) is 81.1. The number of fused-ring (bicyclic) bond motifs is 1. The van der Waals surface area contributed by atoms with Gasteiger partial charge in [-0.25, -0.2) is 27.2 Å². The number of likely N-dealkylation sites (tertiary alicyclic amines) is 1. The number of ketones is 1. The minimum Gasteiger partial charge on any atom is -0.391 e. The number of pyridine rings is 1. The van der Waals surface area contributed by atoms with Crippen LogP contribution in [0.15, 0.2) is 84.6 Å². The van der Waals surface area contributed by atoms with Gasteiger partial charge in [-0.05, 0) is 72.1 Å². The molecule has 1 fully saturated rings. The molecule has 0 saturated carbocycles. The number of rotatable bonds is 20. The van der Waals surface area contributed by atoms with Crippen LogP contribution in [0.1, 0.15) is 99.0 Å². The molecular formula is C52H58F2N8O8S2. The van der Waals surface area contributed by atoms with Crippen molar-refractivity contribution >= 4 is 67.5 Å². The summed E-state index contributed by atoms with van der Waals surface area (Å²) in [5, 5.41) is 19.5. The van der Waals surface area contributed by atoms with Crippen LogP contribution in [0.25, 0.3) is 32.6 Å². The van der Waals surface area contributed by atoms with Crippen LogP contribution in [0.4, 0.5) is 14.5 Å². The molecule has 16 nitrogen and oxygen atoms in total. The second-order valence-corrected chi connectivity index (χ2v) is 21.7. The zero-order valence-corrected chi connectivity index (χ0v) is 42.2. The highest BCUT2D eigenvalue weighted by molar-refractivity contribution is 7.92. The van der Waals surface area contributed by atoms with Crippen LogP contribution >= 0.6 is 11.3 Å². The Bertz CT molecular complexity index is 3080. The van der Waals surface area contributed by atoms with E-state index in [9.17, 15) is 41.9 Å². The number of thiazole rings is 1. The lowest BCUT2D eigenvalue weighted by molar-refractivity contribution is -0.144. The summed E-state index contributed by atoms with van der Waals surface area (Å²) < 4.78 is 57.2. The van der Waals surface area contributed by atoms with Gasteiger partial charge in [0.05, 0.1) is 39.2 Å². The maximum atomic E-state index is 15.5. The number of nitrogens with zero attached hydrogens (tertiary/aromatic N) is 3. The standard InChI is InChI=1S/C52H58F2N8O8S2/c1-6-21-72(69,70)61-40-20-19-39(53)44(45(40)54)46(66)38-27-57-49-37(38)22-35(26-56-49)33-15-11-31(12-16-33)24-55-42(64)9-7-8-10-43(65)60-48(52(3,4)5)51(68)62-28-36(63)23-41(62)50(67)58-25-32-13-17-34(18-14-32)47-30(2)59-29-71-47/h11-20,22,26-27,29,36,41,48,61,63H,6-10,21,23-25,28H2,1-5H3,(H,55,64)(H,56,57)(H,58,67)(H,60,65). The topological polar surface area (TPSA) is 233 Å². The van der Waals surface area contributed by atoms with E-state index in [0.717, 1.165) is 39.4 Å². The summed E-state index contributed by atoms with van der Waals surface area (Å²) in [5.74, 6) is -5.24. The van der Waals surface area contributed by atoms with Crippen LogP contribution in [0, 0.1) is 24.0 Å². The van der Waals surface area contributed by atoms with E-state index >= 15 is 4.39 Å². The summed E-state index contributed by atoms with van der Waals surface area (Å²) in [6.07, 6.45) is 3.28. The molecule has 1 aliphatic rings. The largest absolute Gasteiger partial charge is 0.391 e. The smallest absolute Gasteiger partial charge is 0.246 e. The van der Waals surface area contributed by atoms with E-state index < -0.39 is 74.1 Å². The quantitative estimate of drug-likeness (QED) is 0.0330. The van der Waals surface area contributed by atoms with E-state index in [1.165, 1.54) is 11.1 Å². The van der Waals surface area contributed by atoms with Gasteiger partial charge in [-0.2, -0.15) is 0 Å². The molecule has 1 saturated heterocycles. The Kier molecular flexibility index (Phi) is 16.7. The van der Waals surface area contributed by atoms with Crippen molar-refractivity contribution < 1.29 is 46.3 Å². The van der Waals surface area contributed by atoms with Gasteiger partial charge in [0, 0.05) is 67.8 Å². The molecule has 0 bridgehead atoms. The van der Waals surface area contributed by atoms with Crippen molar-refractivity contribution in [3.8, 4) is 21.6 Å². The molecule has 3 aromatic carbocycles. The van der Waals surface area contributed by atoms with Gasteiger partial charge in [-0.15, -0.1) is 11.3 Å². The van der Waals surface area contributed by atoms with E-state index in [4.69, 9.17) is 0 Å². The Morgan fingerprint density at radius 3 is 2.18 bits per heavy atom. The summed E-state index contributed by atoms with van der Waals surface area (Å²) in [7, 11) is -3.93. The van der Waals surface area contributed by atoms with Crippen molar-refractivity contribution in [2.75, 3.05) is 17.0 Å². The van der Waals surface area contributed by atoms with Gasteiger partial charge in [-0.3, -0.25) is 28.7 Å². The van der Waals surface area contributed by atoms with Gasteiger partial charge in [-0.1, -0.05) is 76.2 Å². The Morgan fingerprint density at radius 2 is 1.54 bits per heavy atom. The number of aromatic nitrogens is 3. The highest BCUT2D eigenvalue weighted by Crippen LogP contribution is 2.32. The van der Waals surface area contributed by atoms with Gasteiger partial charge in [0.25, 0.3) is 0 Å². The van der Waals surface area contributed by atoms with Crippen LogP contribution in [-0.4, -0.2) is 93.3 Å². The number of β-amino-alcohol motifs (C(OH)–C–C–N with tert-alkyl or cyclic N) is 1. The Balaban J connectivity index is 0.873. The Morgan fingerprint density at radius 1 is 0.889 bits per heavy atom. The third kappa shape index (κ3) is 12.8. The first-order valence-corrected chi connectivity index (χ1v) is 26.2. The molecule has 6 N–H and O–H groups in total. The maximum Gasteiger partial charge on any atom is 0.246 e. The number of anilines is 1. The van der Waals surface area contributed by atoms with Crippen molar-refractivity contribution in [1.82, 2.24) is 35.8 Å². The van der Waals surface area contributed by atoms with Crippen molar-refractivity contribution in [1.29, 1.82) is 0 Å². The van der Waals surface area contributed by atoms with Gasteiger partial charge in [0.2, 0.25) is 39.4 Å². The van der Waals surface area contributed by atoms with Crippen LogP contribution in [0.2, 0.25) is 0 Å². The SMILES string of the molecule is CCCS(=O)(=O)Nc1ccc(F)c(C(=O)c2c[nH]c3ncc(-c4ccc(CNC(=O)CCCCC(=O)NC(C(=O)N5CC(O)CC5C(=O)NCc5ccc(-c6scnc6C)cc5)C(C)(C)C)cc4)cc23)c1F. The highest BCUT2D eigenvalue weighted by atomic mass is 32.2. The van der Waals surface area contributed by atoms with E-state index in [1.807, 2.05) is 52.0 Å². The van der Waals surface area contributed by atoms with Crippen LogP contribution in [-0.2, 0) is 42.3 Å². The zero-order chi connectivity index (χ0) is 51.9. The van der Waals surface area contributed by atoms with Crippen molar-refractivity contribution in [2.45, 2.75) is 104 Å². The normalized spacial score (nSPS) is 15.3. The van der Waals surface area contributed by atoms with E-state index in [0.29, 0.717) is 35.0 Å². The number of carbonyl (C=O) groups excluding carboxylic acids is 5. The molecule has 6 aromatic rings. The fourth-order valence-corrected chi connectivity index (χ4v) is 10.4. The van der Waals surface area contributed by atoms with Gasteiger partial charge in [0.1, 0.15) is 23.5 Å². The number of amides is 4. The molecule has 72 heavy (non-hydrogen) atoms. The first-order chi connectivity index (χ1) is 34.2. The van der Waals surface area contributed by atoms with Crippen LogP contribution < -0.4 is 20.7 Å². The molecule has 3 aromatic heterocycles. The summed E-state index contributed by atoms with van der Waals surface area (Å²) in [6, 6.07) is 16.5. The summed E-state index contributed by atoms with van der Waals surface area (Å²) >= 11 is 1.55. The molecule has 4 heterocycles. The zero-order valence-electron chi connectivity index (χ0n) is 40.6. The molecule has 3 atom stereocenters. The number of aryl methyl sites for hydroxylation is 1. The van der Waals surface area contributed by atoms with Crippen LogP contribution in [0.3, 0.4) is 0 Å². The van der Waals surface area contributed by atoms with E-state index in [1.54, 1.807) is 60.3 Å². The number of benzene rings is 3. The number of aromatic amines is 1. The van der Waals surface area contributed by atoms with E-state index in [-0.39, 0.29) is 68.4 Å². The number of hydrogen-bond donors (Lipinski definition) is 6. The van der Waals surface area contributed by atoms with Gasteiger partial charge in [0.15, 0.2) is 5.82 Å². The summed E-state index contributed by atoms with van der Waals surface area (Å²) in [5.41, 5.74) is 4.77. The van der Waals surface area contributed by atoms with E-state index in [2.05, 4.69) is 35.6 Å². The number of H-pyrrole nitrogens is 1. The monoisotopic (exact) mass is 1020 g/mol. The first-order valence-electron chi connectivity index (χ1n) is 23.6. The number of halogens is 2. The lowest BCUT2D eigenvalue weighted by atomic mass is 9.85. The molecule has 0 radical (unpaired) electrons. The van der Waals surface area contributed by atoms with Crippen molar-refractivity contribution in [3.63, 3.8) is 0 Å². The number of nitrogens with one attached hydrogen (secondary N) is 5. The molecule has 0 aliphatic carbocycles. The minimum atomic E-state index is -3.93. The fraction of sp³-hybridized carbons (Fsp3) is 0.365. The minimum absolute atomic E-state index is 0.0454. The van der Waals surface area contributed by atoms with Crippen molar-refractivity contribution in [2.24, 2.45) is 5.41 Å². The Hall–Kier alpha value is -6.90. The number of unbranched alkanes of at least 4 members (excludes halogenated alkanes) is 1. The molecule has 0 spiro atoms. The first kappa shape index (κ1) is 52.9. The number of carbonyl (C=O) groups is 5. The highest BCUT2D eigenvalue weighted by Gasteiger charge is 2.44. The number of sulfonamides is 1. The van der Waals surface area contributed by atoms with Gasteiger partial charge < -0.3 is 30.9 Å². The van der Waals surface area contributed by atoms with Crippen LogP contribution in [0.5, 0.6) is 0 Å². The second kappa shape index (κ2) is 22.7. The molecule has 1 aliphatic heterocycles. The number of aliphatic hydroxyl groups is 1. The lowest BCUT2D eigenvalue weighted by Crippen LogP contribution is -2.57. The Labute approximate surface area is 420 Å². The summed E-state index contributed by atoms with van der Waals surface area (Å²) in [6.45, 7) is 9.43. The number of hydrogen-bond acceptors (Lipinski definition) is 11. The predicted octanol–water partition coefficient (Wildman–Crippen LogP) is 7.31. The molecule has 20 heteroatoms. The maximum absolute atomic E-state index is 15.5. The molecule has 380 valence electrons. The molecule has 4 amide bonds.